The lowest BCUT2D eigenvalue weighted by molar-refractivity contribution is 0.104. The van der Waals surface area contributed by atoms with Crippen molar-refractivity contribution < 1.29 is 18.3 Å². The minimum Gasteiger partial charge on any atom is -0.467 e. The van der Waals surface area contributed by atoms with Gasteiger partial charge in [0, 0.05) is 18.0 Å². The Kier molecular flexibility index (Phi) is 6.14. The molecule has 0 saturated heterocycles. The summed E-state index contributed by atoms with van der Waals surface area (Å²) in [7, 11) is -2.23. The van der Waals surface area contributed by atoms with Gasteiger partial charge in [0.2, 0.25) is 0 Å². The molecule has 0 aliphatic rings. The Morgan fingerprint density at radius 3 is 2.79 bits per heavy atom. The number of aromatic nitrogens is 1. The highest BCUT2D eigenvalue weighted by molar-refractivity contribution is 7.89. The Morgan fingerprint density at radius 1 is 1.53 bits per heavy atom. The largest absolute Gasteiger partial charge is 0.467 e. The molecule has 19 heavy (non-hydrogen) atoms. The van der Waals surface area contributed by atoms with Crippen LogP contribution in [0.4, 0.5) is 0 Å². The minimum absolute atomic E-state index is 0.0618. The summed E-state index contributed by atoms with van der Waals surface area (Å²) < 4.78 is 30.3. The summed E-state index contributed by atoms with van der Waals surface area (Å²) >= 11 is 1.07. The molecule has 1 rings (SSSR count). The average Bonchev–Trinajstić information content (AvgIpc) is 2.83. The molecule has 1 aromatic rings. The predicted molar refractivity (Wildman–Crippen MR) is 73.0 cm³/mol. The van der Waals surface area contributed by atoms with E-state index in [1.165, 1.54) is 12.4 Å². The van der Waals surface area contributed by atoms with Crippen LogP contribution in [0.5, 0.6) is 5.19 Å². The maximum atomic E-state index is 11.4. The molecule has 7 nitrogen and oxygen atoms in total. The number of hydrogen-bond acceptors (Lipinski definition) is 7. The molecule has 0 amide bonds. The molecule has 3 N–H and O–H groups in total. The van der Waals surface area contributed by atoms with Crippen LogP contribution in [0, 0.1) is 0 Å². The lowest BCUT2D eigenvalue weighted by atomic mass is 10.3. The fraction of sp³-hybridized carbons (Fsp3) is 0.700. The van der Waals surface area contributed by atoms with Crippen molar-refractivity contribution in [1.82, 2.24) is 15.0 Å². The number of sulfonamides is 1. The second-order valence-electron chi connectivity index (χ2n) is 4.19. The number of rotatable bonds is 8. The van der Waals surface area contributed by atoms with Crippen LogP contribution >= 0.6 is 11.3 Å². The number of nitrogens with zero attached hydrogens (tertiary/aromatic N) is 1. The zero-order valence-corrected chi connectivity index (χ0v) is 12.7. The van der Waals surface area contributed by atoms with E-state index >= 15 is 0 Å². The van der Waals surface area contributed by atoms with Crippen LogP contribution in [-0.2, 0) is 10.0 Å². The quantitative estimate of drug-likeness (QED) is 0.614. The molecule has 0 aliphatic carbocycles. The molecule has 1 unspecified atom stereocenters. The lowest BCUT2D eigenvalue weighted by Crippen LogP contribution is -2.35. The van der Waals surface area contributed by atoms with Gasteiger partial charge < -0.3 is 15.2 Å². The number of hydrogen-bond donors (Lipinski definition) is 3. The molecule has 0 radical (unpaired) electrons. The SMILES string of the molecule is CNS(=O)(=O)c1csc(OCC(O)CNC(C)C)n1. The first-order valence-electron chi connectivity index (χ1n) is 5.78. The van der Waals surface area contributed by atoms with Crippen molar-refractivity contribution in [1.29, 1.82) is 0 Å². The first-order valence-corrected chi connectivity index (χ1v) is 8.14. The molecule has 0 aromatic carbocycles. The van der Waals surface area contributed by atoms with Crippen molar-refractivity contribution >= 4 is 21.4 Å². The Hall–Kier alpha value is -0.740. The number of aliphatic hydroxyl groups is 1. The monoisotopic (exact) mass is 309 g/mol. The molecule has 0 bridgehead atoms. The third-order valence-electron chi connectivity index (χ3n) is 2.17. The molecule has 0 saturated carbocycles. The molecule has 0 spiro atoms. The van der Waals surface area contributed by atoms with Gasteiger partial charge in [0.1, 0.15) is 12.7 Å². The van der Waals surface area contributed by atoms with Crippen LogP contribution in [0.3, 0.4) is 0 Å². The fourth-order valence-corrected chi connectivity index (χ4v) is 2.80. The molecule has 1 aromatic heterocycles. The number of aliphatic hydroxyl groups excluding tert-OH is 1. The Bertz CT molecular complexity index is 487. The third-order valence-corrected chi connectivity index (χ3v) is 4.37. The highest BCUT2D eigenvalue weighted by atomic mass is 32.2. The van der Waals surface area contributed by atoms with Gasteiger partial charge in [-0.15, -0.1) is 0 Å². The maximum absolute atomic E-state index is 11.4. The van der Waals surface area contributed by atoms with Gasteiger partial charge in [-0.3, -0.25) is 0 Å². The second-order valence-corrected chi connectivity index (χ2v) is 6.84. The van der Waals surface area contributed by atoms with Crippen LogP contribution < -0.4 is 14.8 Å². The smallest absolute Gasteiger partial charge is 0.274 e. The lowest BCUT2D eigenvalue weighted by Gasteiger charge is -2.13. The number of thiazole rings is 1. The van der Waals surface area contributed by atoms with Crippen LogP contribution in [0.2, 0.25) is 0 Å². The summed E-state index contributed by atoms with van der Waals surface area (Å²) in [5, 5.41) is 14.2. The number of nitrogens with one attached hydrogen (secondary N) is 2. The topological polar surface area (TPSA) is 101 Å². The fourth-order valence-electron chi connectivity index (χ4n) is 1.14. The van der Waals surface area contributed by atoms with E-state index in [-0.39, 0.29) is 22.9 Å². The van der Waals surface area contributed by atoms with Crippen LogP contribution in [0.15, 0.2) is 10.4 Å². The Labute approximate surface area is 117 Å². The highest BCUT2D eigenvalue weighted by Gasteiger charge is 2.17. The molecular weight excluding hydrogens is 290 g/mol. The summed E-state index contributed by atoms with van der Waals surface area (Å²) in [6.07, 6.45) is -0.671. The van der Waals surface area contributed by atoms with Gasteiger partial charge in [-0.25, -0.2) is 13.1 Å². The van der Waals surface area contributed by atoms with E-state index in [4.69, 9.17) is 4.74 Å². The second kappa shape index (κ2) is 7.15. The highest BCUT2D eigenvalue weighted by Crippen LogP contribution is 2.21. The van der Waals surface area contributed by atoms with Gasteiger partial charge in [0.25, 0.3) is 15.2 Å². The predicted octanol–water partition coefficient (Wildman–Crippen LogP) is -0.211. The van der Waals surface area contributed by atoms with E-state index in [0.717, 1.165) is 11.3 Å². The van der Waals surface area contributed by atoms with Crippen LogP contribution in [-0.4, -0.2) is 50.9 Å². The molecule has 110 valence electrons. The molecule has 0 fully saturated rings. The van der Waals surface area contributed by atoms with E-state index in [1.54, 1.807) is 0 Å². The summed E-state index contributed by atoms with van der Waals surface area (Å²) in [5.41, 5.74) is 0. The Morgan fingerprint density at radius 2 is 2.21 bits per heavy atom. The van der Waals surface area contributed by atoms with E-state index in [1.807, 2.05) is 13.8 Å². The average molecular weight is 309 g/mol. The van der Waals surface area contributed by atoms with Crippen molar-refractivity contribution in [3.63, 3.8) is 0 Å². The zero-order chi connectivity index (χ0) is 14.5. The van der Waals surface area contributed by atoms with Crippen molar-refractivity contribution in [2.24, 2.45) is 0 Å². The van der Waals surface area contributed by atoms with Gasteiger partial charge in [-0.05, 0) is 7.05 Å². The summed E-state index contributed by atoms with van der Waals surface area (Å²) in [5.74, 6) is 0. The van der Waals surface area contributed by atoms with E-state index in [0.29, 0.717) is 6.54 Å². The number of ether oxygens (including phenoxy) is 1. The van der Waals surface area contributed by atoms with Crippen molar-refractivity contribution in [3.8, 4) is 5.19 Å². The van der Waals surface area contributed by atoms with Crippen molar-refractivity contribution in [2.75, 3.05) is 20.2 Å². The molecule has 9 heteroatoms. The summed E-state index contributed by atoms with van der Waals surface area (Å²) in [6.45, 7) is 4.42. The van der Waals surface area contributed by atoms with Crippen molar-refractivity contribution in [2.45, 2.75) is 31.0 Å². The van der Waals surface area contributed by atoms with Crippen molar-refractivity contribution in [3.05, 3.63) is 5.38 Å². The first kappa shape index (κ1) is 16.3. The molecular formula is C10H19N3O4S2. The minimum atomic E-state index is -3.54. The van der Waals surface area contributed by atoms with E-state index < -0.39 is 16.1 Å². The molecule has 1 heterocycles. The van der Waals surface area contributed by atoms with E-state index in [2.05, 4.69) is 15.0 Å². The molecule has 1 atom stereocenters. The normalized spacial score (nSPS) is 13.7. The van der Waals surface area contributed by atoms with E-state index in [9.17, 15) is 13.5 Å². The maximum Gasteiger partial charge on any atom is 0.274 e. The molecule has 0 aliphatic heterocycles. The van der Waals surface area contributed by atoms with Gasteiger partial charge in [0.05, 0.1) is 0 Å². The Balaban J connectivity index is 2.47. The summed E-state index contributed by atoms with van der Waals surface area (Å²) in [4.78, 5) is 3.83. The third kappa shape index (κ3) is 5.41. The van der Waals surface area contributed by atoms with Gasteiger partial charge in [-0.1, -0.05) is 25.2 Å². The van der Waals surface area contributed by atoms with Crippen LogP contribution in [0.25, 0.3) is 0 Å². The van der Waals surface area contributed by atoms with Gasteiger partial charge >= 0.3 is 0 Å². The summed E-state index contributed by atoms with van der Waals surface area (Å²) in [6, 6.07) is 0.280. The van der Waals surface area contributed by atoms with Gasteiger partial charge in [-0.2, -0.15) is 4.98 Å². The zero-order valence-electron chi connectivity index (χ0n) is 11.1. The standard InChI is InChI=1S/C10H19N3O4S2/c1-7(2)12-4-8(14)5-17-10-13-9(6-18-10)19(15,16)11-3/h6-8,11-12,14H,4-5H2,1-3H3. The van der Waals surface area contributed by atoms with Gasteiger partial charge in [0.15, 0.2) is 5.03 Å². The first-order chi connectivity index (χ1) is 8.85. The van der Waals surface area contributed by atoms with Crippen LogP contribution in [0.1, 0.15) is 13.8 Å².